The number of carbonyl (C=O) groups excluding carboxylic acids is 2. The highest BCUT2D eigenvalue weighted by Gasteiger charge is 2.18. The minimum absolute atomic E-state index is 0.302. The van der Waals surface area contributed by atoms with Crippen molar-refractivity contribution in [1.29, 1.82) is 10.5 Å². The number of nitrogens with zero attached hydrogens (tertiary/aromatic N) is 2. The SMILES string of the molecule is N#CCCC[C@@H](NC(=O)c1ccc(C#N)cc1)C(N)=O. The lowest BCUT2D eigenvalue weighted by molar-refractivity contribution is -0.120. The van der Waals surface area contributed by atoms with Gasteiger partial charge in [-0.25, -0.2) is 0 Å². The van der Waals surface area contributed by atoms with Gasteiger partial charge in [0.1, 0.15) is 6.04 Å². The number of rotatable bonds is 6. The molecule has 0 saturated heterocycles. The molecule has 2 amide bonds. The molecule has 20 heavy (non-hydrogen) atoms. The summed E-state index contributed by atoms with van der Waals surface area (Å²) in [7, 11) is 0. The zero-order valence-corrected chi connectivity index (χ0v) is 10.8. The number of unbranched alkanes of at least 4 members (excludes halogenated alkanes) is 1. The summed E-state index contributed by atoms with van der Waals surface area (Å²) in [6, 6.07) is 9.15. The van der Waals surface area contributed by atoms with Gasteiger partial charge in [0.25, 0.3) is 5.91 Å². The number of hydrogen-bond donors (Lipinski definition) is 2. The van der Waals surface area contributed by atoms with E-state index in [4.69, 9.17) is 16.3 Å². The molecular weight excluding hydrogens is 256 g/mol. The molecule has 1 atom stereocenters. The fraction of sp³-hybridized carbons (Fsp3) is 0.286. The quantitative estimate of drug-likeness (QED) is 0.744. The summed E-state index contributed by atoms with van der Waals surface area (Å²) in [6.45, 7) is 0. The summed E-state index contributed by atoms with van der Waals surface area (Å²) in [4.78, 5) is 23.2. The minimum Gasteiger partial charge on any atom is -0.368 e. The van der Waals surface area contributed by atoms with Gasteiger partial charge in [0.05, 0.1) is 17.7 Å². The highest BCUT2D eigenvalue weighted by atomic mass is 16.2. The first-order valence-corrected chi connectivity index (χ1v) is 6.05. The van der Waals surface area contributed by atoms with E-state index in [-0.39, 0.29) is 0 Å². The van der Waals surface area contributed by atoms with Gasteiger partial charge in [0.15, 0.2) is 0 Å². The Morgan fingerprint density at radius 2 is 1.90 bits per heavy atom. The summed E-state index contributed by atoms with van der Waals surface area (Å²) in [5, 5.41) is 19.6. The molecule has 0 radical (unpaired) electrons. The molecule has 0 aliphatic heterocycles. The molecule has 0 aliphatic rings. The molecule has 0 saturated carbocycles. The maximum Gasteiger partial charge on any atom is 0.251 e. The number of primary amides is 1. The first kappa shape index (κ1) is 15.2. The van der Waals surface area contributed by atoms with Crippen molar-refractivity contribution in [3.8, 4) is 12.1 Å². The zero-order valence-electron chi connectivity index (χ0n) is 10.8. The van der Waals surface area contributed by atoms with E-state index in [1.165, 1.54) is 24.3 Å². The third-order valence-corrected chi connectivity index (χ3v) is 2.71. The zero-order chi connectivity index (χ0) is 15.0. The number of nitrogens with one attached hydrogen (secondary N) is 1. The molecule has 102 valence electrons. The van der Waals surface area contributed by atoms with Gasteiger partial charge in [-0.15, -0.1) is 0 Å². The average molecular weight is 270 g/mol. The van der Waals surface area contributed by atoms with Crippen molar-refractivity contribution in [2.45, 2.75) is 25.3 Å². The van der Waals surface area contributed by atoms with Gasteiger partial charge in [-0.3, -0.25) is 9.59 Å². The lowest BCUT2D eigenvalue weighted by atomic mass is 10.1. The van der Waals surface area contributed by atoms with Crippen LogP contribution in [0.25, 0.3) is 0 Å². The monoisotopic (exact) mass is 270 g/mol. The van der Waals surface area contributed by atoms with E-state index in [9.17, 15) is 9.59 Å². The molecule has 0 unspecified atom stereocenters. The van der Waals surface area contributed by atoms with Crippen LogP contribution < -0.4 is 11.1 Å². The number of amides is 2. The van der Waals surface area contributed by atoms with Crippen LogP contribution in [-0.4, -0.2) is 17.9 Å². The van der Waals surface area contributed by atoms with Crippen molar-refractivity contribution in [1.82, 2.24) is 5.32 Å². The molecule has 1 aromatic carbocycles. The van der Waals surface area contributed by atoms with E-state index < -0.39 is 17.9 Å². The Hall–Kier alpha value is -2.86. The molecule has 0 heterocycles. The summed E-state index contributed by atoms with van der Waals surface area (Å²) in [6.07, 6.45) is 1.11. The van der Waals surface area contributed by atoms with Gasteiger partial charge < -0.3 is 11.1 Å². The predicted octanol–water partition coefficient (Wildman–Crippen LogP) is 0.836. The second kappa shape index (κ2) is 7.55. The lowest BCUT2D eigenvalue weighted by Gasteiger charge is -2.14. The number of hydrogen-bond acceptors (Lipinski definition) is 4. The molecule has 0 fully saturated rings. The Kier molecular flexibility index (Phi) is 5.74. The van der Waals surface area contributed by atoms with Crippen LogP contribution in [0.4, 0.5) is 0 Å². The number of nitriles is 2. The summed E-state index contributed by atoms with van der Waals surface area (Å²) in [5.74, 6) is -1.07. The fourth-order valence-corrected chi connectivity index (χ4v) is 1.61. The predicted molar refractivity (Wildman–Crippen MR) is 71.1 cm³/mol. The molecule has 0 bridgehead atoms. The van der Waals surface area contributed by atoms with Gasteiger partial charge in [-0.2, -0.15) is 10.5 Å². The highest BCUT2D eigenvalue weighted by molar-refractivity contribution is 5.97. The van der Waals surface area contributed by atoms with Crippen molar-refractivity contribution >= 4 is 11.8 Å². The Labute approximate surface area is 116 Å². The van der Waals surface area contributed by atoms with Gasteiger partial charge in [0, 0.05) is 12.0 Å². The van der Waals surface area contributed by atoms with Crippen molar-refractivity contribution in [2.75, 3.05) is 0 Å². The molecule has 0 aliphatic carbocycles. The highest BCUT2D eigenvalue weighted by Crippen LogP contribution is 2.06. The largest absolute Gasteiger partial charge is 0.368 e. The normalized spacial score (nSPS) is 10.9. The molecule has 1 rings (SSSR count). The Balaban J connectivity index is 2.68. The van der Waals surface area contributed by atoms with Crippen LogP contribution in [0, 0.1) is 22.7 Å². The van der Waals surface area contributed by atoms with Crippen LogP contribution in [0.15, 0.2) is 24.3 Å². The number of carbonyl (C=O) groups is 2. The number of benzene rings is 1. The summed E-state index contributed by atoms with van der Waals surface area (Å²) in [5.41, 5.74) is 6.00. The van der Waals surface area contributed by atoms with E-state index >= 15 is 0 Å². The van der Waals surface area contributed by atoms with Gasteiger partial charge >= 0.3 is 0 Å². The summed E-state index contributed by atoms with van der Waals surface area (Å²) < 4.78 is 0. The van der Waals surface area contributed by atoms with Gasteiger partial charge in [-0.1, -0.05) is 0 Å². The smallest absolute Gasteiger partial charge is 0.251 e. The minimum atomic E-state index is -0.800. The second-order valence-corrected chi connectivity index (χ2v) is 4.17. The standard InChI is InChI=1S/C14H14N4O2/c15-8-2-1-3-12(13(17)19)18-14(20)11-6-4-10(9-16)5-7-11/h4-7,12H,1-3H2,(H2,17,19)(H,18,20)/t12-/m1/s1. The van der Waals surface area contributed by atoms with E-state index in [2.05, 4.69) is 5.32 Å². The number of nitrogens with two attached hydrogens (primary N) is 1. The Bertz CT molecular complexity index is 566. The van der Waals surface area contributed by atoms with Crippen LogP contribution in [0.2, 0.25) is 0 Å². The molecule has 3 N–H and O–H groups in total. The van der Waals surface area contributed by atoms with Gasteiger partial charge in [0.2, 0.25) is 5.91 Å². The first-order valence-electron chi connectivity index (χ1n) is 6.05. The van der Waals surface area contributed by atoms with Crippen LogP contribution in [0.1, 0.15) is 35.2 Å². The summed E-state index contributed by atoms with van der Waals surface area (Å²) >= 11 is 0. The molecular formula is C14H14N4O2. The van der Waals surface area contributed by atoms with Crippen molar-refractivity contribution in [3.63, 3.8) is 0 Å². The van der Waals surface area contributed by atoms with Crippen LogP contribution >= 0.6 is 0 Å². The third kappa shape index (κ3) is 4.43. The first-order chi connectivity index (χ1) is 9.58. The Morgan fingerprint density at radius 1 is 1.25 bits per heavy atom. The maximum absolute atomic E-state index is 11.9. The van der Waals surface area contributed by atoms with Crippen LogP contribution in [-0.2, 0) is 4.79 Å². The second-order valence-electron chi connectivity index (χ2n) is 4.17. The van der Waals surface area contributed by atoms with Crippen molar-refractivity contribution < 1.29 is 9.59 Å². The third-order valence-electron chi connectivity index (χ3n) is 2.71. The lowest BCUT2D eigenvalue weighted by Crippen LogP contribution is -2.44. The van der Waals surface area contributed by atoms with Gasteiger partial charge in [-0.05, 0) is 37.1 Å². The maximum atomic E-state index is 11.9. The molecule has 0 aromatic heterocycles. The van der Waals surface area contributed by atoms with E-state index in [1.54, 1.807) is 0 Å². The van der Waals surface area contributed by atoms with Crippen molar-refractivity contribution in [3.05, 3.63) is 35.4 Å². The van der Waals surface area contributed by atoms with Crippen LogP contribution in [0.5, 0.6) is 0 Å². The van der Waals surface area contributed by atoms with E-state index in [0.717, 1.165) is 0 Å². The molecule has 1 aromatic rings. The van der Waals surface area contributed by atoms with Crippen LogP contribution in [0.3, 0.4) is 0 Å². The van der Waals surface area contributed by atoms with Crippen molar-refractivity contribution in [2.24, 2.45) is 5.73 Å². The van der Waals surface area contributed by atoms with E-state index in [1.807, 2.05) is 12.1 Å². The molecule has 6 heteroatoms. The molecule has 0 spiro atoms. The average Bonchev–Trinajstić information content (AvgIpc) is 2.46. The fourth-order valence-electron chi connectivity index (χ4n) is 1.61. The topological polar surface area (TPSA) is 120 Å². The Morgan fingerprint density at radius 3 is 2.40 bits per heavy atom. The molecule has 6 nitrogen and oxygen atoms in total. The van der Waals surface area contributed by atoms with E-state index in [0.29, 0.717) is 30.4 Å².